The van der Waals surface area contributed by atoms with Crippen LogP contribution in [0.5, 0.6) is 0 Å². The maximum absolute atomic E-state index is 5.18. The number of ether oxygens (including phenoxy) is 1. The first-order valence-corrected chi connectivity index (χ1v) is 9.04. The van der Waals surface area contributed by atoms with Gasteiger partial charge < -0.3 is 9.30 Å². The van der Waals surface area contributed by atoms with Crippen molar-refractivity contribution in [3.63, 3.8) is 0 Å². The maximum Gasteiger partial charge on any atom is 0.137 e. The van der Waals surface area contributed by atoms with Crippen LogP contribution in [0.4, 0.5) is 0 Å². The topological polar surface area (TPSA) is 43.2 Å². The average Bonchev–Trinajstić information content (AvgIpc) is 3.20. The van der Waals surface area contributed by atoms with Crippen molar-refractivity contribution in [1.82, 2.24) is 19.7 Å². The van der Waals surface area contributed by atoms with Gasteiger partial charge in [-0.25, -0.2) is 0 Å². The van der Waals surface area contributed by atoms with Gasteiger partial charge in [-0.15, -0.1) is 10.2 Å². The molecule has 5 nitrogen and oxygen atoms in total. The molecular formula is C19H26N4O. The van der Waals surface area contributed by atoms with Crippen molar-refractivity contribution in [3.8, 4) is 0 Å². The molecule has 1 aromatic carbocycles. The molecule has 128 valence electrons. The van der Waals surface area contributed by atoms with Gasteiger partial charge in [-0.2, -0.15) is 0 Å². The first-order chi connectivity index (χ1) is 11.8. The summed E-state index contributed by atoms with van der Waals surface area (Å²) in [7, 11) is 1.74. The largest absolute Gasteiger partial charge is 0.380 e. The molecule has 0 aliphatic carbocycles. The van der Waals surface area contributed by atoms with Gasteiger partial charge in [0, 0.05) is 39.1 Å². The van der Waals surface area contributed by atoms with E-state index in [4.69, 9.17) is 4.74 Å². The zero-order valence-electron chi connectivity index (χ0n) is 14.4. The van der Waals surface area contributed by atoms with E-state index in [2.05, 4.69) is 43.9 Å². The van der Waals surface area contributed by atoms with Gasteiger partial charge in [-0.1, -0.05) is 24.3 Å². The predicted molar refractivity (Wildman–Crippen MR) is 92.8 cm³/mol. The minimum absolute atomic E-state index is 0.533. The Morgan fingerprint density at radius 1 is 1.08 bits per heavy atom. The molecule has 0 amide bonds. The highest BCUT2D eigenvalue weighted by Gasteiger charge is 2.28. The van der Waals surface area contributed by atoms with E-state index in [9.17, 15) is 0 Å². The second-order valence-electron chi connectivity index (χ2n) is 7.05. The highest BCUT2D eigenvalue weighted by atomic mass is 16.5. The lowest BCUT2D eigenvalue weighted by Gasteiger charge is -2.32. The first kappa shape index (κ1) is 15.8. The third-order valence-electron chi connectivity index (χ3n) is 5.25. The van der Waals surface area contributed by atoms with Crippen molar-refractivity contribution in [1.29, 1.82) is 0 Å². The molecule has 0 saturated carbocycles. The molecule has 0 spiro atoms. The normalized spacial score (nSPS) is 21.1. The summed E-state index contributed by atoms with van der Waals surface area (Å²) >= 11 is 0. The Bertz CT molecular complexity index is 679. The van der Waals surface area contributed by atoms with E-state index in [1.54, 1.807) is 7.11 Å². The number of rotatable bonds is 5. The van der Waals surface area contributed by atoms with E-state index in [-0.39, 0.29) is 0 Å². The third-order valence-corrected chi connectivity index (χ3v) is 5.25. The molecule has 1 atom stereocenters. The Morgan fingerprint density at radius 2 is 1.92 bits per heavy atom. The lowest BCUT2D eigenvalue weighted by molar-refractivity contribution is 0.184. The van der Waals surface area contributed by atoms with Crippen molar-refractivity contribution in [2.75, 3.05) is 20.2 Å². The van der Waals surface area contributed by atoms with Crippen LogP contribution in [0.3, 0.4) is 0 Å². The summed E-state index contributed by atoms with van der Waals surface area (Å²) in [6, 6.07) is 8.80. The fourth-order valence-corrected chi connectivity index (χ4v) is 4.05. The number of hydrogen-bond acceptors (Lipinski definition) is 4. The van der Waals surface area contributed by atoms with E-state index in [0.29, 0.717) is 12.5 Å². The fraction of sp³-hybridized carbons (Fsp3) is 0.579. The predicted octanol–water partition coefficient (Wildman–Crippen LogP) is 2.75. The van der Waals surface area contributed by atoms with E-state index >= 15 is 0 Å². The number of benzene rings is 1. The van der Waals surface area contributed by atoms with E-state index < -0.39 is 0 Å². The van der Waals surface area contributed by atoms with Gasteiger partial charge in [0.05, 0.1) is 6.61 Å². The number of aromatic nitrogens is 3. The Balaban J connectivity index is 1.41. The molecule has 4 rings (SSSR count). The van der Waals surface area contributed by atoms with Gasteiger partial charge in [0.15, 0.2) is 0 Å². The molecule has 2 aromatic rings. The summed E-state index contributed by atoms with van der Waals surface area (Å²) < 4.78 is 7.55. The number of methoxy groups -OCH3 is 1. The number of likely N-dealkylation sites (tertiary alicyclic amines) is 1. The minimum atomic E-state index is 0.533. The summed E-state index contributed by atoms with van der Waals surface area (Å²) in [5.74, 6) is 2.95. The lowest BCUT2D eigenvalue weighted by atomic mass is 9.96. The summed E-state index contributed by atoms with van der Waals surface area (Å²) in [6.45, 7) is 5.08. The van der Waals surface area contributed by atoms with Crippen LogP contribution in [0.2, 0.25) is 0 Å². The first-order valence-electron chi connectivity index (χ1n) is 9.04. The Labute approximate surface area is 143 Å². The van der Waals surface area contributed by atoms with Crippen LogP contribution in [0, 0.1) is 0 Å². The Kier molecular flexibility index (Phi) is 4.63. The van der Waals surface area contributed by atoms with Gasteiger partial charge in [0.2, 0.25) is 0 Å². The van der Waals surface area contributed by atoms with Gasteiger partial charge in [-0.05, 0) is 36.9 Å². The molecule has 2 aliphatic heterocycles. The summed E-state index contributed by atoms with van der Waals surface area (Å²) in [4.78, 5) is 2.57. The maximum atomic E-state index is 5.18. The van der Waals surface area contributed by atoms with Crippen LogP contribution in [0.1, 0.15) is 48.0 Å². The van der Waals surface area contributed by atoms with Crippen LogP contribution in [0.15, 0.2) is 24.3 Å². The summed E-state index contributed by atoms with van der Waals surface area (Å²) in [5, 5.41) is 8.90. The van der Waals surface area contributed by atoms with Crippen molar-refractivity contribution in [3.05, 3.63) is 47.0 Å². The number of nitrogens with zero attached hydrogens (tertiary/aromatic N) is 4. The van der Waals surface area contributed by atoms with Gasteiger partial charge >= 0.3 is 0 Å². The monoisotopic (exact) mass is 326 g/mol. The number of piperidine rings is 1. The van der Waals surface area contributed by atoms with Crippen molar-refractivity contribution >= 4 is 0 Å². The van der Waals surface area contributed by atoms with Crippen molar-refractivity contribution in [2.24, 2.45) is 0 Å². The van der Waals surface area contributed by atoms with Crippen LogP contribution in [-0.2, 0) is 30.9 Å². The molecule has 0 N–H and O–H groups in total. The molecule has 5 heteroatoms. The van der Waals surface area contributed by atoms with Crippen molar-refractivity contribution in [2.45, 2.75) is 51.3 Å². The van der Waals surface area contributed by atoms with Crippen LogP contribution in [0.25, 0.3) is 0 Å². The SMILES string of the molecule is COCc1ccc(CN2CCC[C@H](c3nnc4n3CCC4)C2)cc1. The standard InChI is InChI=1S/C19H26N4O/c1-24-14-16-8-6-15(7-9-16)12-22-10-2-4-17(13-22)19-21-20-18-5-3-11-23(18)19/h6-9,17H,2-5,10-14H2,1H3/t17-/m0/s1. The molecule has 0 radical (unpaired) electrons. The molecule has 3 heterocycles. The van der Waals surface area contributed by atoms with Gasteiger partial charge in [0.1, 0.15) is 11.6 Å². The smallest absolute Gasteiger partial charge is 0.137 e. The van der Waals surface area contributed by atoms with Crippen LogP contribution < -0.4 is 0 Å². The molecule has 0 unspecified atom stereocenters. The van der Waals surface area contributed by atoms with Gasteiger partial charge in [0.25, 0.3) is 0 Å². The molecule has 24 heavy (non-hydrogen) atoms. The molecule has 0 bridgehead atoms. The number of fused-ring (bicyclic) bond motifs is 1. The van der Waals surface area contributed by atoms with Gasteiger partial charge in [-0.3, -0.25) is 4.90 Å². The fourth-order valence-electron chi connectivity index (χ4n) is 4.05. The third kappa shape index (κ3) is 3.23. The molecular weight excluding hydrogens is 300 g/mol. The van der Waals surface area contributed by atoms with E-state index in [0.717, 1.165) is 26.1 Å². The zero-order valence-corrected chi connectivity index (χ0v) is 14.4. The number of hydrogen-bond donors (Lipinski definition) is 0. The van der Waals surface area contributed by atoms with E-state index in [1.165, 1.54) is 48.6 Å². The minimum Gasteiger partial charge on any atom is -0.380 e. The molecule has 1 aromatic heterocycles. The summed E-state index contributed by atoms with van der Waals surface area (Å²) in [5.41, 5.74) is 2.61. The molecule has 1 fully saturated rings. The zero-order chi connectivity index (χ0) is 16.4. The molecule has 2 aliphatic rings. The van der Waals surface area contributed by atoms with Crippen molar-refractivity contribution < 1.29 is 4.74 Å². The highest BCUT2D eigenvalue weighted by molar-refractivity contribution is 5.22. The summed E-state index contributed by atoms with van der Waals surface area (Å²) in [6.07, 6.45) is 4.80. The number of aryl methyl sites for hydroxylation is 1. The molecule has 1 saturated heterocycles. The van der Waals surface area contributed by atoms with Crippen LogP contribution >= 0.6 is 0 Å². The highest BCUT2D eigenvalue weighted by Crippen LogP contribution is 2.29. The average molecular weight is 326 g/mol. The lowest BCUT2D eigenvalue weighted by Crippen LogP contribution is -2.34. The van der Waals surface area contributed by atoms with E-state index in [1.807, 2.05) is 0 Å². The quantitative estimate of drug-likeness (QED) is 0.847. The Hall–Kier alpha value is -1.72. The Morgan fingerprint density at radius 3 is 2.75 bits per heavy atom. The second-order valence-corrected chi connectivity index (χ2v) is 7.05. The van der Waals surface area contributed by atoms with Crippen LogP contribution in [-0.4, -0.2) is 39.9 Å². The second kappa shape index (κ2) is 7.03.